The highest BCUT2D eigenvalue weighted by Gasteiger charge is 2.29. The first-order valence-electron chi connectivity index (χ1n) is 10.9. The first kappa shape index (κ1) is 23.4. The lowest BCUT2D eigenvalue weighted by Crippen LogP contribution is -2.38. The quantitative estimate of drug-likeness (QED) is 0.676. The fraction of sp³-hybridized carbons (Fsp3) is 0.458. The van der Waals surface area contributed by atoms with Crippen LogP contribution >= 0.6 is 0 Å². The largest absolute Gasteiger partial charge is 0.348 e. The molecular formula is C24H33N3O3S. The van der Waals surface area contributed by atoms with Crippen molar-refractivity contribution in [2.75, 3.05) is 21.1 Å². The van der Waals surface area contributed by atoms with Gasteiger partial charge in [-0.3, -0.25) is 4.79 Å². The van der Waals surface area contributed by atoms with E-state index < -0.39 is 10.0 Å². The molecule has 0 bridgehead atoms. The van der Waals surface area contributed by atoms with Crippen LogP contribution in [0.15, 0.2) is 53.4 Å². The zero-order valence-electron chi connectivity index (χ0n) is 18.7. The number of amides is 1. The average Bonchev–Trinajstić information content (AvgIpc) is 2.78. The molecule has 3 rings (SSSR count). The molecule has 1 aliphatic carbocycles. The molecule has 0 aromatic heterocycles. The molecule has 0 radical (unpaired) electrons. The molecule has 2 aromatic carbocycles. The van der Waals surface area contributed by atoms with Gasteiger partial charge in [0.15, 0.2) is 0 Å². The van der Waals surface area contributed by atoms with Gasteiger partial charge in [-0.1, -0.05) is 43.5 Å². The van der Waals surface area contributed by atoms with E-state index in [1.165, 1.54) is 28.4 Å². The van der Waals surface area contributed by atoms with E-state index in [-0.39, 0.29) is 16.8 Å². The van der Waals surface area contributed by atoms with E-state index in [4.69, 9.17) is 0 Å². The third kappa shape index (κ3) is 6.15. The van der Waals surface area contributed by atoms with Crippen molar-refractivity contribution in [2.24, 2.45) is 0 Å². The molecule has 0 unspecified atom stereocenters. The molecule has 1 fully saturated rings. The number of rotatable bonds is 8. The second-order valence-corrected chi connectivity index (χ2v) is 10.6. The van der Waals surface area contributed by atoms with E-state index in [9.17, 15) is 13.2 Å². The van der Waals surface area contributed by atoms with Crippen LogP contribution in [0.5, 0.6) is 0 Å². The summed E-state index contributed by atoms with van der Waals surface area (Å²) in [6.45, 7) is 1.30. The van der Waals surface area contributed by atoms with Crippen molar-refractivity contribution in [3.05, 3.63) is 65.2 Å². The molecule has 0 heterocycles. The fourth-order valence-corrected chi connectivity index (χ4v) is 5.41. The summed E-state index contributed by atoms with van der Waals surface area (Å²) in [6.07, 6.45) is 5.14. The minimum absolute atomic E-state index is 0.0610. The van der Waals surface area contributed by atoms with Crippen LogP contribution in [0.1, 0.15) is 53.6 Å². The summed E-state index contributed by atoms with van der Waals surface area (Å²) in [5.41, 5.74) is 2.68. The van der Waals surface area contributed by atoms with Gasteiger partial charge in [0.05, 0.1) is 4.90 Å². The predicted molar refractivity (Wildman–Crippen MR) is 123 cm³/mol. The second-order valence-electron chi connectivity index (χ2n) is 8.57. The molecule has 6 nitrogen and oxygen atoms in total. The Bertz CT molecular complexity index is 964. The van der Waals surface area contributed by atoms with Gasteiger partial charge in [0.25, 0.3) is 5.91 Å². The Morgan fingerprint density at radius 2 is 1.48 bits per heavy atom. The number of carbonyl (C=O) groups is 1. The van der Waals surface area contributed by atoms with Crippen LogP contribution in [0.3, 0.4) is 0 Å². The van der Waals surface area contributed by atoms with Gasteiger partial charge < -0.3 is 10.2 Å². The summed E-state index contributed by atoms with van der Waals surface area (Å²) in [4.78, 5) is 14.8. The monoisotopic (exact) mass is 443 g/mol. The van der Waals surface area contributed by atoms with Gasteiger partial charge in [0, 0.05) is 31.7 Å². The number of nitrogens with zero attached hydrogens (tertiary/aromatic N) is 2. The Hall–Kier alpha value is -2.22. The van der Waals surface area contributed by atoms with Crippen LogP contribution in [-0.4, -0.2) is 50.7 Å². The number of hydrogen-bond donors (Lipinski definition) is 1. The summed E-state index contributed by atoms with van der Waals surface area (Å²) < 4.78 is 27.4. The van der Waals surface area contributed by atoms with Crippen molar-refractivity contribution in [3.63, 3.8) is 0 Å². The van der Waals surface area contributed by atoms with Crippen LogP contribution in [0.25, 0.3) is 0 Å². The Balaban J connectivity index is 1.59. The SMILES string of the molecule is CN(C)Cc1ccc(CNC(=O)c2ccc(S(=O)(=O)N(C)C3CCCCC3)cc2)cc1. The summed E-state index contributed by atoms with van der Waals surface area (Å²) in [7, 11) is 2.16. The van der Waals surface area contributed by atoms with Gasteiger partial charge in [0.2, 0.25) is 10.0 Å². The normalized spacial score (nSPS) is 15.4. The van der Waals surface area contributed by atoms with E-state index in [1.807, 2.05) is 26.2 Å². The number of benzene rings is 2. The topological polar surface area (TPSA) is 69.7 Å². The molecule has 1 N–H and O–H groups in total. The molecule has 1 saturated carbocycles. The van der Waals surface area contributed by atoms with E-state index in [2.05, 4.69) is 22.3 Å². The van der Waals surface area contributed by atoms with E-state index in [1.54, 1.807) is 19.2 Å². The maximum Gasteiger partial charge on any atom is 0.251 e. The summed E-state index contributed by atoms with van der Waals surface area (Å²) >= 11 is 0. The zero-order chi connectivity index (χ0) is 22.4. The standard InChI is InChI=1S/C24H33N3O3S/c1-26(2)18-20-11-9-19(10-12-20)17-25-24(28)21-13-15-23(16-14-21)31(29,30)27(3)22-7-5-4-6-8-22/h9-16,22H,4-8,17-18H2,1-3H3,(H,25,28). The lowest BCUT2D eigenvalue weighted by atomic mass is 9.96. The summed E-state index contributed by atoms with van der Waals surface area (Å²) in [5.74, 6) is -0.220. The first-order valence-corrected chi connectivity index (χ1v) is 12.3. The second kappa shape index (κ2) is 10.4. The molecular weight excluding hydrogens is 410 g/mol. The third-order valence-corrected chi connectivity index (χ3v) is 7.78. The van der Waals surface area contributed by atoms with Gasteiger partial charge in [-0.2, -0.15) is 4.31 Å². The minimum atomic E-state index is -3.55. The van der Waals surface area contributed by atoms with Crippen molar-refractivity contribution < 1.29 is 13.2 Å². The van der Waals surface area contributed by atoms with Crippen LogP contribution in [0, 0.1) is 0 Å². The zero-order valence-corrected chi connectivity index (χ0v) is 19.5. The lowest BCUT2D eigenvalue weighted by molar-refractivity contribution is 0.0951. The average molecular weight is 444 g/mol. The molecule has 168 valence electrons. The molecule has 2 aromatic rings. The fourth-order valence-electron chi connectivity index (χ4n) is 4.00. The number of sulfonamides is 1. The molecule has 31 heavy (non-hydrogen) atoms. The molecule has 0 aliphatic heterocycles. The van der Waals surface area contributed by atoms with Crippen molar-refractivity contribution in [3.8, 4) is 0 Å². The third-order valence-electron chi connectivity index (χ3n) is 5.86. The Labute approximate surface area is 186 Å². The predicted octanol–water partition coefficient (Wildman–Crippen LogP) is 3.63. The molecule has 0 atom stereocenters. The first-order chi connectivity index (χ1) is 14.8. The minimum Gasteiger partial charge on any atom is -0.348 e. The van der Waals surface area contributed by atoms with Crippen LogP contribution in [0.2, 0.25) is 0 Å². The molecule has 0 spiro atoms. The molecule has 0 saturated heterocycles. The summed E-state index contributed by atoms with van der Waals surface area (Å²) in [5, 5.41) is 2.90. The van der Waals surface area contributed by atoms with Gasteiger partial charge in [-0.25, -0.2) is 8.42 Å². The smallest absolute Gasteiger partial charge is 0.251 e. The van der Waals surface area contributed by atoms with Crippen molar-refractivity contribution in [2.45, 2.75) is 56.1 Å². The van der Waals surface area contributed by atoms with Gasteiger partial charge in [0.1, 0.15) is 0 Å². The van der Waals surface area contributed by atoms with E-state index in [0.29, 0.717) is 12.1 Å². The highest BCUT2D eigenvalue weighted by atomic mass is 32.2. The Kier molecular flexibility index (Phi) is 7.86. The Morgan fingerprint density at radius 3 is 2.06 bits per heavy atom. The van der Waals surface area contributed by atoms with Crippen molar-refractivity contribution in [1.29, 1.82) is 0 Å². The van der Waals surface area contributed by atoms with Gasteiger partial charge in [-0.15, -0.1) is 0 Å². The van der Waals surface area contributed by atoms with E-state index >= 15 is 0 Å². The highest BCUT2D eigenvalue weighted by Crippen LogP contribution is 2.26. The van der Waals surface area contributed by atoms with Crippen LogP contribution in [-0.2, 0) is 23.1 Å². The maximum absolute atomic E-state index is 12.9. The van der Waals surface area contributed by atoms with Crippen LogP contribution in [0.4, 0.5) is 0 Å². The molecule has 7 heteroatoms. The maximum atomic E-state index is 12.9. The number of carbonyl (C=O) groups excluding carboxylic acids is 1. The van der Waals surface area contributed by atoms with E-state index in [0.717, 1.165) is 37.8 Å². The molecule has 1 aliphatic rings. The van der Waals surface area contributed by atoms with Crippen LogP contribution < -0.4 is 5.32 Å². The van der Waals surface area contributed by atoms with Crippen molar-refractivity contribution >= 4 is 15.9 Å². The summed E-state index contributed by atoms with van der Waals surface area (Å²) in [6, 6.07) is 14.4. The lowest BCUT2D eigenvalue weighted by Gasteiger charge is -2.30. The van der Waals surface area contributed by atoms with Crippen molar-refractivity contribution in [1.82, 2.24) is 14.5 Å². The highest BCUT2D eigenvalue weighted by molar-refractivity contribution is 7.89. The molecule has 1 amide bonds. The van der Waals surface area contributed by atoms with Gasteiger partial charge >= 0.3 is 0 Å². The Morgan fingerprint density at radius 1 is 0.903 bits per heavy atom. The number of hydrogen-bond acceptors (Lipinski definition) is 4. The van der Waals surface area contributed by atoms with Gasteiger partial charge in [-0.05, 0) is 62.3 Å². The number of nitrogens with one attached hydrogen (secondary N) is 1.